The third-order valence-electron chi connectivity index (χ3n) is 10.5. The van der Waals surface area contributed by atoms with E-state index in [0.717, 1.165) is 49.9 Å². The lowest BCUT2D eigenvalue weighted by Gasteiger charge is -2.39. The Balaban J connectivity index is 1.15. The van der Waals surface area contributed by atoms with Crippen LogP contribution < -0.4 is 0 Å². The number of piperidine rings is 2. The second-order valence-corrected chi connectivity index (χ2v) is 14.5. The number of ether oxygens (including phenoxy) is 1. The highest BCUT2D eigenvalue weighted by Crippen LogP contribution is 2.47. The maximum atomic E-state index is 15.5. The van der Waals surface area contributed by atoms with Crippen molar-refractivity contribution in [2.24, 2.45) is 11.8 Å². The number of ketones is 1. The number of nitrogens with zero attached hydrogens (tertiary/aromatic N) is 3. The maximum absolute atomic E-state index is 15.5. The van der Waals surface area contributed by atoms with Crippen molar-refractivity contribution in [3.8, 4) is 17.2 Å². The number of carbonyl (C=O) groups excluding carboxylic acids is 2. The van der Waals surface area contributed by atoms with E-state index in [1.54, 1.807) is 17.0 Å². The molecule has 0 unspecified atom stereocenters. The molecular weight excluding hydrogens is 541 g/mol. The van der Waals surface area contributed by atoms with E-state index < -0.39 is 23.7 Å². The Morgan fingerprint density at radius 2 is 1.81 bits per heavy atom. The van der Waals surface area contributed by atoms with Gasteiger partial charge in [0.2, 0.25) is 0 Å². The minimum atomic E-state index is -0.670. The molecule has 2 aromatic rings. The molecule has 1 spiro atoms. The van der Waals surface area contributed by atoms with Crippen LogP contribution in [-0.4, -0.2) is 59.5 Å². The van der Waals surface area contributed by atoms with Crippen molar-refractivity contribution < 1.29 is 18.7 Å². The monoisotopic (exact) mass is 585 g/mol. The first-order valence-electron chi connectivity index (χ1n) is 16.0. The van der Waals surface area contributed by atoms with Crippen LogP contribution in [0.1, 0.15) is 82.4 Å². The van der Waals surface area contributed by atoms with E-state index in [0.29, 0.717) is 5.56 Å². The minimum absolute atomic E-state index is 0.00697. The van der Waals surface area contributed by atoms with Gasteiger partial charge < -0.3 is 9.64 Å². The molecule has 2 bridgehead atoms. The van der Waals surface area contributed by atoms with E-state index >= 15 is 4.39 Å². The number of amides is 1. The summed E-state index contributed by atoms with van der Waals surface area (Å²) in [6, 6.07) is 13.6. The summed E-state index contributed by atoms with van der Waals surface area (Å²) in [5, 5.41) is 9.96. The van der Waals surface area contributed by atoms with E-state index in [2.05, 4.69) is 36.2 Å². The summed E-state index contributed by atoms with van der Waals surface area (Å²) >= 11 is 0. The molecule has 7 heteroatoms. The van der Waals surface area contributed by atoms with Crippen LogP contribution in [0, 0.1) is 29.0 Å². The van der Waals surface area contributed by atoms with Crippen molar-refractivity contribution in [3.63, 3.8) is 0 Å². The number of halogens is 1. The van der Waals surface area contributed by atoms with E-state index in [1.165, 1.54) is 30.4 Å². The molecule has 1 amide bonds. The quantitative estimate of drug-likeness (QED) is 0.372. The molecule has 0 N–H and O–H groups in total. The molecule has 6 nitrogen and oxygen atoms in total. The number of likely N-dealkylation sites (tertiary alicyclic amines) is 2. The standard InChI is InChI=1S/C36H44FN3O3/c1-35(2,3)43-34(42)40-29-10-9-28(19-29)33(40)32(41)18-23(22-38)17-27-8-7-26(21-31(27)37)25-6-5-24-11-12-36(30(24)20-25)13-15-39(4)16-14-36/h5-8,20-21,23,28-29,33H,9-19H2,1-4H3/t23-,28+,29-,33+/m1/s1. The molecule has 6 rings (SSSR count). The average molecular weight is 586 g/mol. The number of nitriles is 1. The number of rotatable bonds is 6. The average Bonchev–Trinajstić information content (AvgIpc) is 3.68. The molecule has 43 heavy (non-hydrogen) atoms. The molecule has 2 saturated heterocycles. The van der Waals surface area contributed by atoms with Crippen molar-refractivity contribution in [3.05, 3.63) is 58.9 Å². The first-order chi connectivity index (χ1) is 20.5. The van der Waals surface area contributed by atoms with Crippen LogP contribution in [0.5, 0.6) is 0 Å². The summed E-state index contributed by atoms with van der Waals surface area (Å²) in [6.45, 7) is 7.67. The van der Waals surface area contributed by atoms with Crippen LogP contribution in [0.3, 0.4) is 0 Å². The number of fused-ring (bicyclic) bond motifs is 4. The van der Waals surface area contributed by atoms with E-state index in [-0.39, 0.29) is 41.8 Å². The number of benzene rings is 2. The van der Waals surface area contributed by atoms with Gasteiger partial charge in [0.1, 0.15) is 11.4 Å². The zero-order chi connectivity index (χ0) is 30.5. The SMILES string of the molecule is CN1CCC2(CCc3ccc(-c4ccc(C[C@@H](C#N)CC(=O)[C@@H]5[C@H]6CC[C@H](C6)N5C(=O)OC(C)(C)C)c(F)c4)cc32)CC1. The van der Waals surface area contributed by atoms with Gasteiger partial charge in [0.25, 0.3) is 0 Å². The van der Waals surface area contributed by atoms with Gasteiger partial charge in [0.05, 0.1) is 18.0 Å². The van der Waals surface area contributed by atoms with Gasteiger partial charge in [-0.05, 0) is 137 Å². The van der Waals surface area contributed by atoms with Gasteiger partial charge in [-0.1, -0.05) is 30.3 Å². The lowest BCUT2D eigenvalue weighted by molar-refractivity contribution is -0.126. The smallest absolute Gasteiger partial charge is 0.411 e. The fourth-order valence-corrected chi connectivity index (χ4v) is 8.21. The molecule has 4 atom stereocenters. The Kier molecular flexibility index (Phi) is 7.87. The first-order valence-corrected chi connectivity index (χ1v) is 16.0. The summed E-state index contributed by atoms with van der Waals surface area (Å²) in [6.07, 6.45) is 6.89. The number of Topliss-reactive ketones (excluding diaryl/α,β-unsaturated/α-hetero) is 1. The molecule has 0 radical (unpaired) electrons. The van der Waals surface area contributed by atoms with Gasteiger partial charge in [-0.2, -0.15) is 5.26 Å². The summed E-state index contributed by atoms with van der Waals surface area (Å²) in [5.41, 5.74) is 4.74. The number of carbonyl (C=O) groups is 2. The molecule has 2 aliphatic carbocycles. The highest BCUT2D eigenvalue weighted by atomic mass is 19.1. The lowest BCUT2D eigenvalue weighted by atomic mass is 9.73. The van der Waals surface area contributed by atoms with Crippen LogP contribution in [0.2, 0.25) is 0 Å². The fourth-order valence-electron chi connectivity index (χ4n) is 8.21. The molecule has 2 aromatic carbocycles. The van der Waals surface area contributed by atoms with Crippen molar-refractivity contribution >= 4 is 11.9 Å². The van der Waals surface area contributed by atoms with Gasteiger partial charge >= 0.3 is 6.09 Å². The summed E-state index contributed by atoms with van der Waals surface area (Å²) in [4.78, 5) is 30.6. The van der Waals surface area contributed by atoms with E-state index in [1.807, 2.05) is 26.8 Å². The molecular formula is C36H44FN3O3. The Hall–Kier alpha value is -3.24. The number of hydrogen-bond donors (Lipinski definition) is 0. The lowest BCUT2D eigenvalue weighted by Crippen LogP contribution is -2.51. The van der Waals surface area contributed by atoms with Gasteiger partial charge in [-0.3, -0.25) is 9.69 Å². The highest BCUT2D eigenvalue weighted by Gasteiger charge is 2.52. The predicted octanol–water partition coefficient (Wildman–Crippen LogP) is 6.83. The number of hydrogen-bond acceptors (Lipinski definition) is 5. The van der Waals surface area contributed by atoms with Gasteiger partial charge in [-0.15, -0.1) is 0 Å². The molecule has 3 fully saturated rings. The fraction of sp³-hybridized carbons (Fsp3) is 0.583. The van der Waals surface area contributed by atoms with Crippen LogP contribution in [-0.2, 0) is 27.8 Å². The van der Waals surface area contributed by atoms with Crippen LogP contribution in [0.15, 0.2) is 36.4 Å². The first kappa shape index (κ1) is 29.8. The normalized spacial score (nSPS) is 25.0. The van der Waals surface area contributed by atoms with Crippen molar-refractivity contribution in [1.29, 1.82) is 5.26 Å². The summed E-state index contributed by atoms with van der Waals surface area (Å²) < 4.78 is 21.1. The highest BCUT2D eigenvalue weighted by molar-refractivity contribution is 5.89. The van der Waals surface area contributed by atoms with Crippen molar-refractivity contribution in [1.82, 2.24) is 9.80 Å². The molecule has 2 heterocycles. The van der Waals surface area contributed by atoms with Gasteiger partial charge in [-0.25, -0.2) is 9.18 Å². The van der Waals surface area contributed by atoms with Gasteiger partial charge in [0, 0.05) is 12.5 Å². The Morgan fingerprint density at radius 3 is 2.51 bits per heavy atom. The van der Waals surface area contributed by atoms with Gasteiger partial charge in [0.15, 0.2) is 5.78 Å². The largest absolute Gasteiger partial charge is 0.444 e. The Labute approximate surface area is 255 Å². The zero-order valence-corrected chi connectivity index (χ0v) is 26.0. The Morgan fingerprint density at radius 1 is 1.09 bits per heavy atom. The number of aryl methyl sites for hydroxylation is 1. The molecule has 1 saturated carbocycles. The van der Waals surface area contributed by atoms with Crippen molar-refractivity contribution in [2.45, 2.75) is 102 Å². The third kappa shape index (κ3) is 5.83. The summed E-state index contributed by atoms with van der Waals surface area (Å²) in [7, 11) is 2.19. The second-order valence-electron chi connectivity index (χ2n) is 14.5. The maximum Gasteiger partial charge on any atom is 0.411 e. The third-order valence-corrected chi connectivity index (χ3v) is 10.5. The second kappa shape index (κ2) is 11.4. The molecule has 228 valence electrons. The van der Waals surface area contributed by atoms with Crippen LogP contribution in [0.4, 0.5) is 9.18 Å². The van der Waals surface area contributed by atoms with E-state index in [9.17, 15) is 14.9 Å². The minimum Gasteiger partial charge on any atom is -0.444 e. The molecule has 4 aliphatic rings. The Bertz CT molecular complexity index is 1450. The van der Waals surface area contributed by atoms with Crippen molar-refractivity contribution in [2.75, 3.05) is 20.1 Å². The van der Waals surface area contributed by atoms with Crippen LogP contribution >= 0.6 is 0 Å². The predicted molar refractivity (Wildman–Crippen MR) is 164 cm³/mol. The molecule has 0 aromatic heterocycles. The summed E-state index contributed by atoms with van der Waals surface area (Å²) in [5.74, 6) is -1.05. The molecule has 2 aliphatic heterocycles. The topological polar surface area (TPSA) is 73.6 Å². The van der Waals surface area contributed by atoms with E-state index in [4.69, 9.17) is 4.74 Å². The zero-order valence-electron chi connectivity index (χ0n) is 26.0. The van der Waals surface area contributed by atoms with Crippen LogP contribution in [0.25, 0.3) is 11.1 Å².